The van der Waals surface area contributed by atoms with E-state index in [0.717, 1.165) is 36.6 Å². The smallest absolute Gasteiger partial charge is 0.404 e. The SMILES string of the molecule is O=C(O)NC[C@H]1CC[C@H](CNC(=O)c2cc(-c3ccc(NC(CO)CO)nc3)nc3ccccc23)CC1. The van der Waals surface area contributed by atoms with Crippen LogP contribution in [0.3, 0.4) is 0 Å². The molecular formula is C27H33N5O5. The number of aromatic nitrogens is 2. The van der Waals surface area contributed by atoms with Gasteiger partial charge in [0.05, 0.1) is 36.0 Å². The lowest BCUT2D eigenvalue weighted by Crippen LogP contribution is -2.34. The van der Waals surface area contributed by atoms with Gasteiger partial charge in [-0.25, -0.2) is 14.8 Å². The van der Waals surface area contributed by atoms with Gasteiger partial charge in [-0.1, -0.05) is 18.2 Å². The molecule has 37 heavy (non-hydrogen) atoms. The first kappa shape index (κ1) is 26.3. The Morgan fingerprint density at radius 3 is 2.24 bits per heavy atom. The summed E-state index contributed by atoms with van der Waals surface area (Å²) in [5.41, 5.74) is 2.61. The molecule has 0 bridgehead atoms. The number of aliphatic hydroxyl groups excluding tert-OH is 2. The molecule has 0 unspecified atom stereocenters. The zero-order chi connectivity index (χ0) is 26.2. The summed E-state index contributed by atoms with van der Waals surface area (Å²) in [6.07, 6.45) is 4.45. The number of nitrogens with one attached hydrogen (secondary N) is 3. The van der Waals surface area contributed by atoms with Crippen LogP contribution in [-0.2, 0) is 0 Å². The van der Waals surface area contributed by atoms with E-state index in [-0.39, 0.29) is 19.1 Å². The third-order valence-corrected chi connectivity index (χ3v) is 6.87. The number of hydrogen-bond acceptors (Lipinski definition) is 7. The lowest BCUT2D eigenvalue weighted by molar-refractivity contribution is 0.0942. The number of para-hydroxylation sites is 1. The fraction of sp³-hybridized carbons (Fsp3) is 0.407. The van der Waals surface area contributed by atoms with Gasteiger partial charge in [0.15, 0.2) is 0 Å². The molecule has 0 aliphatic heterocycles. The zero-order valence-electron chi connectivity index (χ0n) is 20.6. The Hall–Kier alpha value is -3.76. The van der Waals surface area contributed by atoms with Crippen LogP contribution in [0.1, 0.15) is 36.0 Å². The van der Waals surface area contributed by atoms with Gasteiger partial charge in [0, 0.05) is 30.2 Å². The van der Waals surface area contributed by atoms with E-state index >= 15 is 0 Å². The maximum absolute atomic E-state index is 13.3. The monoisotopic (exact) mass is 507 g/mol. The summed E-state index contributed by atoms with van der Waals surface area (Å²) in [7, 11) is 0. The summed E-state index contributed by atoms with van der Waals surface area (Å²) in [6.45, 7) is 0.625. The van der Waals surface area contributed by atoms with Crippen molar-refractivity contribution in [1.82, 2.24) is 20.6 Å². The van der Waals surface area contributed by atoms with Crippen molar-refractivity contribution < 1.29 is 24.9 Å². The second kappa shape index (κ2) is 12.5. The number of pyridine rings is 2. The average Bonchev–Trinajstić information content (AvgIpc) is 2.93. The standard InChI is InChI=1S/C27H33N5O5/c33-15-20(16-34)31-25-10-9-19(14-28-25)24-11-22(21-3-1-2-4-23(21)32-24)26(35)29-12-17-5-7-18(8-6-17)13-30-27(36)37/h1-4,9-11,14,17-18,20,30,33-34H,5-8,12-13,15-16H2,(H,28,31)(H,29,35)(H,36,37)/t17-,18-. The Morgan fingerprint density at radius 1 is 0.946 bits per heavy atom. The Bertz CT molecular complexity index is 1210. The maximum atomic E-state index is 13.3. The van der Waals surface area contributed by atoms with Crippen LogP contribution in [0.5, 0.6) is 0 Å². The number of rotatable bonds is 10. The Balaban J connectivity index is 1.45. The molecule has 1 aliphatic rings. The number of anilines is 1. The molecule has 1 aliphatic carbocycles. The van der Waals surface area contributed by atoms with E-state index in [0.29, 0.717) is 47.5 Å². The molecule has 196 valence electrons. The Morgan fingerprint density at radius 2 is 1.62 bits per heavy atom. The normalized spacial score (nSPS) is 17.5. The van der Waals surface area contributed by atoms with Gasteiger partial charge in [0.1, 0.15) is 5.82 Å². The molecule has 1 fully saturated rings. The predicted molar refractivity (Wildman–Crippen MR) is 140 cm³/mol. The number of amides is 2. The molecule has 0 saturated heterocycles. The van der Waals surface area contributed by atoms with Crippen molar-refractivity contribution in [2.75, 3.05) is 31.6 Å². The molecule has 1 saturated carbocycles. The zero-order valence-corrected chi connectivity index (χ0v) is 20.6. The molecule has 10 heteroatoms. The Kier molecular flexibility index (Phi) is 8.86. The van der Waals surface area contributed by atoms with E-state index in [1.54, 1.807) is 18.3 Å². The van der Waals surface area contributed by atoms with Gasteiger partial charge in [0.2, 0.25) is 0 Å². The number of fused-ring (bicyclic) bond motifs is 1. The van der Waals surface area contributed by atoms with Crippen LogP contribution in [0.2, 0.25) is 0 Å². The third-order valence-electron chi connectivity index (χ3n) is 6.87. The van der Waals surface area contributed by atoms with Crippen molar-refractivity contribution in [2.45, 2.75) is 31.7 Å². The van der Waals surface area contributed by atoms with Crippen molar-refractivity contribution in [3.63, 3.8) is 0 Å². The summed E-state index contributed by atoms with van der Waals surface area (Å²) in [4.78, 5) is 33.1. The fourth-order valence-corrected chi connectivity index (χ4v) is 4.70. The summed E-state index contributed by atoms with van der Waals surface area (Å²) in [5.74, 6) is 1.07. The summed E-state index contributed by atoms with van der Waals surface area (Å²) in [6, 6.07) is 12.4. The molecule has 2 aromatic heterocycles. The minimum absolute atomic E-state index is 0.158. The van der Waals surface area contributed by atoms with Gasteiger partial charge in [-0.2, -0.15) is 0 Å². The van der Waals surface area contributed by atoms with Crippen molar-refractivity contribution in [1.29, 1.82) is 0 Å². The summed E-state index contributed by atoms with van der Waals surface area (Å²) < 4.78 is 0. The van der Waals surface area contributed by atoms with Crippen LogP contribution < -0.4 is 16.0 Å². The molecule has 0 radical (unpaired) electrons. The molecule has 1 aromatic carbocycles. The van der Waals surface area contributed by atoms with Gasteiger partial charge in [-0.15, -0.1) is 0 Å². The number of carboxylic acid groups (broad SMARTS) is 1. The first-order valence-electron chi connectivity index (χ1n) is 12.6. The highest BCUT2D eigenvalue weighted by atomic mass is 16.4. The van der Waals surface area contributed by atoms with E-state index in [9.17, 15) is 19.8 Å². The van der Waals surface area contributed by atoms with Crippen LogP contribution in [0.25, 0.3) is 22.2 Å². The van der Waals surface area contributed by atoms with E-state index in [4.69, 9.17) is 10.1 Å². The molecule has 3 aromatic rings. The van der Waals surface area contributed by atoms with E-state index in [1.165, 1.54) is 0 Å². The molecule has 2 amide bonds. The first-order valence-corrected chi connectivity index (χ1v) is 12.6. The Labute approximate surface area is 215 Å². The summed E-state index contributed by atoms with van der Waals surface area (Å²) >= 11 is 0. The van der Waals surface area contributed by atoms with Gasteiger partial charge in [-0.05, 0) is 61.8 Å². The largest absolute Gasteiger partial charge is 0.465 e. The highest BCUT2D eigenvalue weighted by molar-refractivity contribution is 6.07. The van der Waals surface area contributed by atoms with Crippen molar-refractivity contribution in [3.8, 4) is 11.3 Å². The topological polar surface area (TPSA) is 157 Å². The van der Waals surface area contributed by atoms with Crippen molar-refractivity contribution in [2.24, 2.45) is 11.8 Å². The van der Waals surface area contributed by atoms with Crippen LogP contribution in [0.4, 0.5) is 10.6 Å². The number of carbonyl (C=O) groups excluding carboxylic acids is 1. The average molecular weight is 508 g/mol. The van der Waals surface area contributed by atoms with Gasteiger partial charge in [-0.3, -0.25) is 4.79 Å². The van der Waals surface area contributed by atoms with Crippen LogP contribution in [0.15, 0.2) is 48.7 Å². The van der Waals surface area contributed by atoms with Gasteiger partial charge in [0.25, 0.3) is 5.91 Å². The van der Waals surface area contributed by atoms with Crippen LogP contribution in [0, 0.1) is 11.8 Å². The molecule has 0 spiro atoms. The minimum atomic E-state index is -0.987. The first-order chi connectivity index (χ1) is 18.0. The maximum Gasteiger partial charge on any atom is 0.404 e. The van der Waals surface area contributed by atoms with Crippen LogP contribution >= 0.6 is 0 Å². The second-order valence-corrected chi connectivity index (χ2v) is 9.49. The second-order valence-electron chi connectivity index (χ2n) is 9.49. The number of aliphatic hydroxyl groups is 2. The quantitative estimate of drug-likeness (QED) is 0.245. The molecule has 6 N–H and O–H groups in total. The minimum Gasteiger partial charge on any atom is -0.465 e. The van der Waals surface area contributed by atoms with E-state index in [2.05, 4.69) is 20.9 Å². The molecule has 0 atom stereocenters. The highest BCUT2D eigenvalue weighted by Gasteiger charge is 2.23. The predicted octanol–water partition coefficient (Wildman–Crippen LogP) is 2.87. The lowest BCUT2D eigenvalue weighted by atomic mass is 9.82. The lowest BCUT2D eigenvalue weighted by Gasteiger charge is -2.28. The fourth-order valence-electron chi connectivity index (χ4n) is 4.70. The van der Waals surface area contributed by atoms with Gasteiger partial charge >= 0.3 is 6.09 Å². The highest BCUT2D eigenvalue weighted by Crippen LogP contribution is 2.29. The number of nitrogens with zero attached hydrogens (tertiary/aromatic N) is 2. The van der Waals surface area contributed by atoms with Gasteiger partial charge < -0.3 is 31.3 Å². The van der Waals surface area contributed by atoms with Crippen molar-refractivity contribution in [3.05, 3.63) is 54.2 Å². The number of benzene rings is 1. The molecule has 2 heterocycles. The van der Waals surface area contributed by atoms with E-state index < -0.39 is 12.1 Å². The van der Waals surface area contributed by atoms with Crippen LogP contribution in [-0.4, -0.2) is 69.6 Å². The molecule has 4 rings (SSSR count). The van der Waals surface area contributed by atoms with E-state index in [1.807, 2.05) is 30.3 Å². The molecular weight excluding hydrogens is 474 g/mol. The molecule has 10 nitrogen and oxygen atoms in total. The number of hydrogen-bond donors (Lipinski definition) is 6. The number of carbonyl (C=O) groups is 2. The summed E-state index contributed by atoms with van der Waals surface area (Å²) in [5, 5.41) is 36.6. The van der Waals surface area contributed by atoms with Crippen molar-refractivity contribution >= 4 is 28.7 Å². The third kappa shape index (κ3) is 6.93.